The molecule has 2 N–H and O–H groups in total. The molecule has 0 radical (unpaired) electrons. The quantitative estimate of drug-likeness (QED) is 0.531. The molecule has 1 unspecified atom stereocenters. The van der Waals surface area contributed by atoms with E-state index in [-0.39, 0.29) is 18.5 Å². The van der Waals surface area contributed by atoms with Gasteiger partial charge < -0.3 is 19.7 Å². The highest BCUT2D eigenvalue weighted by atomic mass is 16.7. The van der Waals surface area contributed by atoms with Crippen LogP contribution in [-0.2, 0) is 22.3 Å². The summed E-state index contributed by atoms with van der Waals surface area (Å²) in [4.78, 5) is 0. The third-order valence-electron chi connectivity index (χ3n) is 7.80. The maximum Gasteiger partial charge on any atom is 0.157 e. The molecule has 0 bridgehead atoms. The fraction of sp³-hybridized carbons (Fsp3) is 0.769. The normalized spacial score (nSPS) is 31.9. The summed E-state index contributed by atoms with van der Waals surface area (Å²) in [6.07, 6.45) is 12.9. The Balaban J connectivity index is 1.37. The van der Waals surface area contributed by atoms with Crippen LogP contribution in [0.4, 0.5) is 0 Å². The Labute approximate surface area is 182 Å². The van der Waals surface area contributed by atoms with E-state index in [0.29, 0.717) is 23.5 Å². The van der Waals surface area contributed by atoms with E-state index in [1.54, 1.807) is 6.07 Å². The van der Waals surface area contributed by atoms with Crippen LogP contribution in [0, 0.1) is 17.8 Å². The van der Waals surface area contributed by atoms with Crippen LogP contribution in [0.1, 0.15) is 82.3 Å². The summed E-state index contributed by atoms with van der Waals surface area (Å²) in [5.74, 6) is 1.79. The highest BCUT2D eigenvalue weighted by Gasteiger charge is 2.44. The van der Waals surface area contributed by atoms with Crippen LogP contribution in [0.2, 0.25) is 0 Å². The molecule has 6 atom stereocenters. The molecular formula is C26H40O4. The monoisotopic (exact) mass is 416 g/mol. The average molecular weight is 417 g/mol. The van der Waals surface area contributed by atoms with Gasteiger partial charge >= 0.3 is 0 Å². The Morgan fingerprint density at radius 3 is 2.87 bits per heavy atom. The van der Waals surface area contributed by atoms with Crippen LogP contribution < -0.4 is 0 Å². The topological polar surface area (TPSA) is 58.9 Å². The number of aromatic hydroxyl groups is 1. The molecule has 2 fully saturated rings. The van der Waals surface area contributed by atoms with Gasteiger partial charge in [-0.1, -0.05) is 38.3 Å². The number of aliphatic hydroxyl groups is 1. The van der Waals surface area contributed by atoms with Crippen molar-refractivity contribution in [1.29, 1.82) is 0 Å². The molecule has 0 spiro atoms. The SMILES string of the molecule is CCCCC[C@@H](CC[C@@H]1[C@H]2Cc3cccc(O)c3C[C@H]2C[C@H]1O)OC1CCCCO1. The third kappa shape index (κ3) is 5.20. The van der Waals surface area contributed by atoms with Crippen molar-refractivity contribution in [3.05, 3.63) is 29.3 Å². The lowest BCUT2D eigenvalue weighted by molar-refractivity contribution is -0.191. The number of phenolic OH excluding ortho intramolecular Hbond substituents is 1. The maximum absolute atomic E-state index is 10.9. The predicted octanol–water partition coefficient (Wildman–Crippen LogP) is 5.38. The molecule has 0 amide bonds. The molecule has 1 aromatic rings. The van der Waals surface area contributed by atoms with Crippen LogP contribution in [0.3, 0.4) is 0 Å². The van der Waals surface area contributed by atoms with Gasteiger partial charge in [0, 0.05) is 6.61 Å². The van der Waals surface area contributed by atoms with Gasteiger partial charge in [0.05, 0.1) is 12.2 Å². The summed E-state index contributed by atoms with van der Waals surface area (Å²) in [5.41, 5.74) is 2.39. The molecule has 30 heavy (non-hydrogen) atoms. The van der Waals surface area contributed by atoms with Crippen molar-refractivity contribution in [3.63, 3.8) is 0 Å². The number of aliphatic hydroxyl groups excluding tert-OH is 1. The lowest BCUT2D eigenvalue weighted by Crippen LogP contribution is -2.30. The van der Waals surface area contributed by atoms with Crippen molar-refractivity contribution < 1.29 is 19.7 Å². The van der Waals surface area contributed by atoms with Gasteiger partial charge in [-0.15, -0.1) is 0 Å². The molecule has 1 saturated heterocycles. The van der Waals surface area contributed by atoms with E-state index >= 15 is 0 Å². The zero-order valence-electron chi connectivity index (χ0n) is 18.6. The molecular weight excluding hydrogens is 376 g/mol. The highest BCUT2D eigenvalue weighted by molar-refractivity contribution is 5.42. The molecule has 1 aromatic carbocycles. The first-order chi connectivity index (χ1) is 14.7. The first kappa shape index (κ1) is 22.1. The van der Waals surface area contributed by atoms with E-state index in [4.69, 9.17) is 9.47 Å². The standard InChI is InChI=1S/C26H40O4/c1-2-3-4-9-20(30-26-11-5-6-14-29-26)12-13-21-22-15-18-8-7-10-24(27)23(18)16-19(22)17-25(21)28/h7-8,10,19-22,25-28H,2-6,9,11-17H2,1H3/t19-,20-,21+,22-,25+,26?/m0/s1. The predicted molar refractivity (Wildman–Crippen MR) is 118 cm³/mol. The van der Waals surface area contributed by atoms with Gasteiger partial charge in [-0.05, 0) is 92.7 Å². The molecule has 1 saturated carbocycles. The van der Waals surface area contributed by atoms with Gasteiger partial charge in [0.25, 0.3) is 0 Å². The number of phenols is 1. The first-order valence-corrected chi connectivity index (χ1v) is 12.4. The second kappa shape index (κ2) is 10.5. The van der Waals surface area contributed by atoms with Gasteiger partial charge in [0.2, 0.25) is 0 Å². The van der Waals surface area contributed by atoms with Crippen molar-refractivity contribution in [1.82, 2.24) is 0 Å². The number of ether oxygens (including phenoxy) is 2. The van der Waals surface area contributed by atoms with Gasteiger partial charge in [-0.2, -0.15) is 0 Å². The van der Waals surface area contributed by atoms with E-state index in [2.05, 4.69) is 13.0 Å². The number of rotatable bonds is 9. The summed E-state index contributed by atoms with van der Waals surface area (Å²) in [6, 6.07) is 5.91. The van der Waals surface area contributed by atoms with E-state index < -0.39 is 0 Å². The largest absolute Gasteiger partial charge is 0.508 e. The van der Waals surface area contributed by atoms with E-state index in [0.717, 1.165) is 63.5 Å². The van der Waals surface area contributed by atoms with Crippen molar-refractivity contribution in [2.24, 2.45) is 17.8 Å². The van der Waals surface area contributed by atoms with Crippen LogP contribution in [0.15, 0.2) is 18.2 Å². The molecule has 1 heterocycles. The van der Waals surface area contributed by atoms with Crippen molar-refractivity contribution in [2.75, 3.05) is 6.61 Å². The molecule has 4 nitrogen and oxygen atoms in total. The molecule has 4 heteroatoms. The van der Waals surface area contributed by atoms with Crippen molar-refractivity contribution in [3.8, 4) is 5.75 Å². The maximum atomic E-state index is 10.9. The molecule has 1 aliphatic heterocycles. The smallest absolute Gasteiger partial charge is 0.157 e. The summed E-state index contributed by atoms with van der Waals surface area (Å²) in [5, 5.41) is 21.1. The van der Waals surface area contributed by atoms with Gasteiger partial charge in [-0.3, -0.25) is 0 Å². The fourth-order valence-electron chi connectivity index (χ4n) is 6.13. The minimum absolute atomic E-state index is 0.0313. The first-order valence-electron chi connectivity index (χ1n) is 12.4. The van der Waals surface area contributed by atoms with Crippen molar-refractivity contribution >= 4 is 0 Å². The Morgan fingerprint density at radius 2 is 2.07 bits per heavy atom. The third-order valence-corrected chi connectivity index (χ3v) is 7.80. The van der Waals surface area contributed by atoms with E-state index in [9.17, 15) is 10.2 Å². The van der Waals surface area contributed by atoms with Crippen LogP contribution in [0.5, 0.6) is 5.75 Å². The second-order valence-corrected chi connectivity index (χ2v) is 9.84. The Morgan fingerprint density at radius 1 is 1.17 bits per heavy atom. The lowest BCUT2D eigenvalue weighted by Gasteiger charge is -2.33. The fourth-order valence-corrected chi connectivity index (χ4v) is 6.13. The number of fused-ring (bicyclic) bond motifs is 2. The van der Waals surface area contributed by atoms with E-state index in [1.165, 1.54) is 31.2 Å². The Hall–Kier alpha value is -1.10. The van der Waals surface area contributed by atoms with Gasteiger partial charge in [0.15, 0.2) is 6.29 Å². The lowest BCUT2D eigenvalue weighted by atomic mass is 9.73. The van der Waals surface area contributed by atoms with Crippen LogP contribution >= 0.6 is 0 Å². The Kier molecular flexibility index (Phi) is 7.72. The van der Waals surface area contributed by atoms with Gasteiger partial charge in [-0.25, -0.2) is 0 Å². The Bertz CT molecular complexity index is 669. The van der Waals surface area contributed by atoms with Gasteiger partial charge in [0.1, 0.15) is 5.75 Å². The minimum atomic E-state index is -0.223. The molecule has 0 aromatic heterocycles. The summed E-state index contributed by atoms with van der Waals surface area (Å²) < 4.78 is 12.3. The van der Waals surface area contributed by atoms with Crippen molar-refractivity contribution in [2.45, 2.75) is 102 Å². The van der Waals surface area contributed by atoms with Crippen LogP contribution in [0.25, 0.3) is 0 Å². The number of unbranched alkanes of at least 4 members (excludes halogenated alkanes) is 2. The number of hydrogen-bond donors (Lipinski definition) is 2. The summed E-state index contributed by atoms with van der Waals surface area (Å²) in [6.45, 7) is 3.07. The minimum Gasteiger partial charge on any atom is -0.508 e. The zero-order chi connectivity index (χ0) is 20.9. The summed E-state index contributed by atoms with van der Waals surface area (Å²) >= 11 is 0. The molecule has 4 rings (SSSR count). The average Bonchev–Trinajstić information content (AvgIpc) is 3.06. The molecule has 2 aliphatic carbocycles. The zero-order valence-corrected chi connectivity index (χ0v) is 18.6. The number of benzene rings is 1. The van der Waals surface area contributed by atoms with E-state index in [1.807, 2.05) is 6.07 Å². The highest BCUT2D eigenvalue weighted by Crippen LogP contribution is 2.48. The summed E-state index contributed by atoms with van der Waals surface area (Å²) in [7, 11) is 0. The van der Waals surface area contributed by atoms with Crippen LogP contribution in [-0.4, -0.2) is 35.3 Å². The molecule has 3 aliphatic rings. The number of hydrogen-bond acceptors (Lipinski definition) is 4. The second-order valence-electron chi connectivity index (χ2n) is 9.84. The molecule has 168 valence electrons.